The first-order valence-corrected chi connectivity index (χ1v) is 5.32. The average molecular weight is 207 g/mol. The topological polar surface area (TPSA) is 51.3 Å². The highest BCUT2D eigenvalue weighted by Crippen LogP contribution is 2.16. The van der Waals surface area contributed by atoms with Crippen LogP contribution in [0.2, 0.25) is 0 Å². The maximum atomic E-state index is 11.1. The Morgan fingerprint density at radius 1 is 1.60 bits per heavy atom. The number of aromatic nitrogens is 1. The molecule has 2 N–H and O–H groups in total. The van der Waals surface area contributed by atoms with Crippen molar-refractivity contribution in [2.45, 2.75) is 25.4 Å². The van der Waals surface area contributed by atoms with Crippen LogP contribution in [-0.2, 0) is 6.54 Å². The monoisotopic (exact) mass is 207 g/mol. The Morgan fingerprint density at radius 3 is 3.00 bits per heavy atom. The third-order valence-electron chi connectivity index (χ3n) is 3.10. The molecule has 2 rings (SSSR count). The van der Waals surface area contributed by atoms with Crippen LogP contribution < -0.4 is 11.2 Å². The van der Waals surface area contributed by atoms with Gasteiger partial charge < -0.3 is 15.2 Å². The van der Waals surface area contributed by atoms with Gasteiger partial charge in [0.25, 0.3) is 0 Å². The lowest BCUT2D eigenvalue weighted by molar-refractivity contribution is 0.282. The van der Waals surface area contributed by atoms with Crippen molar-refractivity contribution in [2.24, 2.45) is 0 Å². The number of nitrogens with two attached hydrogens (primary N) is 1. The Labute approximate surface area is 89.3 Å². The van der Waals surface area contributed by atoms with E-state index in [1.54, 1.807) is 6.20 Å². The van der Waals surface area contributed by atoms with Gasteiger partial charge in [-0.25, -0.2) is 0 Å². The molecule has 1 fully saturated rings. The Hall–Kier alpha value is -1.29. The summed E-state index contributed by atoms with van der Waals surface area (Å²) in [7, 11) is 2.14. The second kappa shape index (κ2) is 4.06. The van der Waals surface area contributed by atoms with Crippen LogP contribution in [-0.4, -0.2) is 29.1 Å². The zero-order valence-electron chi connectivity index (χ0n) is 9.02. The molecule has 2 heterocycles. The maximum absolute atomic E-state index is 11.1. The van der Waals surface area contributed by atoms with E-state index in [-0.39, 0.29) is 5.43 Å². The minimum atomic E-state index is -0.0916. The van der Waals surface area contributed by atoms with Gasteiger partial charge in [0.05, 0.1) is 5.69 Å². The third-order valence-corrected chi connectivity index (χ3v) is 3.10. The molecule has 1 atom stereocenters. The van der Waals surface area contributed by atoms with E-state index in [9.17, 15) is 4.79 Å². The number of nitrogen functional groups attached to an aromatic ring is 1. The normalized spacial score (nSPS) is 22.1. The lowest BCUT2D eigenvalue weighted by atomic mass is 10.2. The lowest BCUT2D eigenvalue weighted by Gasteiger charge is -2.20. The first kappa shape index (κ1) is 10.2. The molecule has 0 aliphatic carbocycles. The molecule has 0 bridgehead atoms. The zero-order chi connectivity index (χ0) is 10.8. The van der Waals surface area contributed by atoms with Crippen molar-refractivity contribution < 1.29 is 0 Å². The molecule has 0 amide bonds. The van der Waals surface area contributed by atoms with E-state index in [4.69, 9.17) is 5.73 Å². The van der Waals surface area contributed by atoms with E-state index in [1.165, 1.54) is 25.5 Å². The summed E-state index contributed by atoms with van der Waals surface area (Å²) in [6, 6.07) is 2.11. The molecule has 4 nitrogen and oxygen atoms in total. The standard InChI is InChI=1S/C11H17N3O/c1-13-5-2-3-9(13)7-14-6-4-11(15)10(12)8-14/h4,6,8-9H,2-3,5,7,12H2,1H3. The van der Waals surface area contributed by atoms with Gasteiger partial charge in [-0.15, -0.1) is 0 Å². The number of nitrogens with zero attached hydrogens (tertiary/aromatic N) is 2. The molecule has 0 spiro atoms. The zero-order valence-corrected chi connectivity index (χ0v) is 9.02. The molecule has 1 aliphatic heterocycles. The highest BCUT2D eigenvalue weighted by Gasteiger charge is 2.20. The van der Waals surface area contributed by atoms with E-state index in [2.05, 4.69) is 11.9 Å². The SMILES string of the molecule is CN1CCCC1Cn1ccc(=O)c(N)c1. The van der Waals surface area contributed by atoms with Gasteiger partial charge >= 0.3 is 0 Å². The van der Waals surface area contributed by atoms with E-state index in [1.807, 2.05) is 10.8 Å². The van der Waals surface area contributed by atoms with E-state index in [0.29, 0.717) is 11.7 Å². The molecular weight excluding hydrogens is 190 g/mol. The molecule has 0 radical (unpaired) electrons. The van der Waals surface area contributed by atoms with Crippen LogP contribution >= 0.6 is 0 Å². The van der Waals surface area contributed by atoms with Gasteiger partial charge in [0.2, 0.25) is 5.43 Å². The highest BCUT2D eigenvalue weighted by atomic mass is 16.1. The van der Waals surface area contributed by atoms with Crippen molar-refractivity contribution in [3.05, 3.63) is 28.7 Å². The summed E-state index contributed by atoms with van der Waals surface area (Å²) in [5.74, 6) is 0. The number of hydrogen-bond donors (Lipinski definition) is 1. The molecule has 1 aliphatic rings. The fourth-order valence-corrected chi connectivity index (χ4v) is 2.11. The van der Waals surface area contributed by atoms with Gasteiger partial charge in [0.1, 0.15) is 0 Å². The van der Waals surface area contributed by atoms with Gasteiger partial charge in [-0.2, -0.15) is 0 Å². The van der Waals surface area contributed by atoms with Gasteiger partial charge in [-0.1, -0.05) is 0 Å². The second-order valence-corrected chi connectivity index (χ2v) is 4.24. The number of anilines is 1. The van der Waals surface area contributed by atoms with Crippen molar-refractivity contribution in [1.82, 2.24) is 9.47 Å². The molecule has 0 saturated carbocycles. The Bertz CT molecular complexity index is 399. The fraction of sp³-hybridized carbons (Fsp3) is 0.545. The summed E-state index contributed by atoms with van der Waals surface area (Å²) >= 11 is 0. The predicted molar refractivity (Wildman–Crippen MR) is 60.8 cm³/mol. The lowest BCUT2D eigenvalue weighted by Crippen LogP contribution is -2.29. The molecular formula is C11H17N3O. The molecule has 1 aromatic heterocycles. The van der Waals surface area contributed by atoms with Gasteiger partial charge in [0, 0.05) is 31.0 Å². The maximum Gasteiger partial charge on any atom is 0.204 e. The first-order chi connectivity index (χ1) is 7.16. The van der Waals surface area contributed by atoms with Gasteiger partial charge in [-0.3, -0.25) is 4.79 Å². The number of hydrogen-bond acceptors (Lipinski definition) is 3. The summed E-state index contributed by atoms with van der Waals surface area (Å²) in [6.45, 7) is 2.08. The minimum absolute atomic E-state index is 0.0916. The van der Waals surface area contributed by atoms with Crippen molar-refractivity contribution in [2.75, 3.05) is 19.3 Å². The van der Waals surface area contributed by atoms with Crippen LogP contribution in [0.5, 0.6) is 0 Å². The van der Waals surface area contributed by atoms with Crippen LogP contribution in [0.3, 0.4) is 0 Å². The summed E-state index contributed by atoms with van der Waals surface area (Å²) < 4.78 is 2.00. The first-order valence-electron chi connectivity index (χ1n) is 5.32. The fourth-order valence-electron chi connectivity index (χ4n) is 2.11. The van der Waals surface area contributed by atoms with Crippen LogP contribution in [0.4, 0.5) is 5.69 Å². The predicted octanol–water partition coefficient (Wildman–Crippen LogP) is 0.525. The van der Waals surface area contributed by atoms with E-state index in [0.717, 1.165) is 6.54 Å². The smallest absolute Gasteiger partial charge is 0.204 e. The quantitative estimate of drug-likeness (QED) is 0.769. The van der Waals surface area contributed by atoms with Crippen molar-refractivity contribution in [3.63, 3.8) is 0 Å². The molecule has 0 aromatic carbocycles. The van der Waals surface area contributed by atoms with Crippen LogP contribution in [0, 0.1) is 0 Å². The molecule has 1 saturated heterocycles. The summed E-state index contributed by atoms with van der Waals surface area (Å²) in [5.41, 5.74) is 5.82. The number of rotatable bonds is 2. The van der Waals surface area contributed by atoms with Crippen molar-refractivity contribution >= 4 is 5.69 Å². The Kier molecular flexibility index (Phi) is 2.77. The van der Waals surface area contributed by atoms with Crippen LogP contribution in [0.25, 0.3) is 0 Å². The summed E-state index contributed by atoms with van der Waals surface area (Å²) in [6.07, 6.45) is 6.03. The van der Waals surface area contributed by atoms with Gasteiger partial charge in [0.15, 0.2) is 0 Å². The van der Waals surface area contributed by atoms with E-state index < -0.39 is 0 Å². The molecule has 1 unspecified atom stereocenters. The molecule has 15 heavy (non-hydrogen) atoms. The van der Waals surface area contributed by atoms with Crippen molar-refractivity contribution in [1.29, 1.82) is 0 Å². The van der Waals surface area contributed by atoms with Gasteiger partial charge in [-0.05, 0) is 26.4 Å². The number of pyridine rings is 1. The van der Waals surface area contributed by atoms with Crippen LogP contribution in [0.1, 0.15) is 12.8 Å². The summed E-state index contributed by atoms with van der Waals surface area (Å²) in [4.78, 5) is 13.5. The van der Waals surface area contributed by atoms with E-state index >= 15 is 0 Å². The summed E-state index contributed by atoms with van der Waals surface area (Å²) in [5, 5.41) is 0. The Balaban J connectivity index is 2.10. The largest absolute Gasteiger partial charge is 0.394 e. The van der Waals surface area contributed by atoms with Crippen LogP contribution in [0.15, 0.2) is 23.3 Å². The number of likely N-dealkylation sites (tertiary alicyclic amines) is 1. The molecule has 4 heteroatoms. The molecule has 82 valence electrons. The average Bonchev–Trinajstić information content (AvgIpc) is 2.59. The number of likely N-dealkylation sites (N-methyl/N-ethyl adjacent to an activating group) is 1. The third kappa shape index (κ3) is 2.21. The molecule has 1 aromatic rings. The van der Waals surface area contributed by atoms with Crippen molar-refractivity contribution in [3.8, 4) is 0 Å². The second-order valence-electron chi connectivity index (χ2n) is 4.24. The highest BCUT2D eigenvalue weighted by molar-refractivity contribution is 5.33. The Morgan fingerprint density at radius 2 is 2.40 bits per heavy atom. The minimum Gasteiger partial charge on any atom is -0.394 e.